The van der Waals surface area contributed by atoms with Crippen LogP contribution in [0.1, 0.15) is 5.56 Å². The van der Waals surface area contributed by atoms with Gasteiger partial charge in [0, 0.05) is 24.0 Å². The number of hydrogen-bond acceptors (Lipinski definition) is 1. The molecule has 0 aliphatic carbocycles. The van der Waals surface area contributed by atoms with E-state index in [1.165, 1.54) is 17.0 Å². The lowest BCUT2D eigenvalue weighted by Gasteiger charge is -2.21. The summed E-state index contributed by atoms with van der Waals surface area (Å²) in [5.74, 6) is -1.93. The van der Waals surface area contributed by atoms with Crippen LogP contribution < -0.4 is 0 Å². The molecule has 1 rings (SSSR count). The highest BCUT2D eigenvalue weighted by Crippen LogP contribution is 2.14. The van der Waals surface area contributed by atoms with Crippen LogP contribution >= 0.6 is 15.9 Å². The average Bonchev–Trinajstić information content (AvgIpc) is 2.24. The van der Waals surface area contributed by atoms with Gasteiger partial charge in [0.1, 0.15) is 0 Å². The van der Waals surface area contributed by atoms with Crippen molar-refractivity contribution in [2.45, 2.75) is 13.0 Å². The molecule has 0 fully saturated rings. The summed E-state index contributed by atoms with van der Waals surface area (Å²) in [4.78, 5) is 1.37. The van der Waals surface area contributed by atoms with E-state index in [0.29, 0.717) is 11.9 Å². The van der Waals surface area contributed by atoms with E-state index in [-0.39, 0.29) is 12.1 Å². The predicted molar refractivity (Wildman–Crippen MR) is 61.4 cm³/mol. The van der Waals surface area contributed by atoms with E-state index in [1.807, 2.05) is 0 Å². The number of benzene rings is 1. The number of hydrogen-bond donors (Lipinski definition) is 0. The summed E-state index contributed by atoms with van der Waals surface area (Å²) in [7, 11) is 0. The third kappa shape index (κ3) is 4.63. The third-order valence-electron chi connectivity index (χ3n) is 2.22. The van der Waals surface area contributed by atoms with E-state index in [0.717, 1.165) is 6.07 Å². The van der Waals surface area contributed by atoms with Gasteiger partial charge in [0.2, 0.25) is 0 Å². The molecule has 1 aromatic carbocycles. The van der Waals surface area contributed by atoms with E-state index in [4.69, 9.17) is 0 Å². The summed E-state index contributed by atoms with van der Waals surface area (Å²) in [6.45, 7) is -0.138. The summed E-state index contributed by atoms with van der Waals surface area (Å²) in [5.41, 5.74) is 0.0894. The van der Waals surface area contributed by atoms with Crippen LogP contribution in [0.3, 0.4) is 0 Å². The molecule has 96 valence electrons. The third-order valence-corrected chi connectivity index (χ3v) is 2.58. The molecule has 1 aromatic rings. The van der Waals surface area contributed by atoms with Crippen molar-refractivity contribution in [3.8, 4) is 0 Å². The Morgan fingerprint density at radius 3 is 2.53 bits per heavy atom. The molecule has 0 aromatic heterocycles. The van der Waals surface area contributed by atoms with Gasteiger partial charge in [0.25, 0.3) is 6.43 Å². The highest BCUT2D eigenvalue weighted by molar-refractivity contribution is 9.09. The van der Waals surface area contributed by atoms with Crippen LogP contribution in [0.5, 0.6) is 0 Å². The topological polar surface area (TPSA) is 3.24 Å². The molecule has 0 unspecified atom stereocenters. The van der Waals surface area contributed by atoms with Crippen molar-refractivity contribution < 1.29 is 17.6 Å². The number of nitrogens with zero attached hydrogens (tertiary/aromatic N) is 1. The normalized spacial score (nSPS) is 11.5. The highest BCUT2D eigenvalue weighted by atomic mass is 79.9. The fourth-order valence-electron chi connectivity index (χ4n) is 1.46. The Kier molecular flexibility index (Phi) is 5.91. The molecule has 0 heterocycles. The van der Waals surface area contributed by atoms with Crippen LogP contribution in [0.15, 0.2) is 18.2 Å². The van der Waals surface area contributed by atoms with Gasteiger partial charge in [-0.15, -0.1) is 0 Å². The van der Waals surface area contributed by atoms with Crippen molar-refractivity contribution >= 4 is 15.9 Å². The number of rotatable bonds is 6. The van der Waals surface area contributed by atoms with Gasteiger partial charge in [-0.2, -0.15) is 0 Å². The Morgan fingerprint density at radius 2 is 1.94 bits per heavy atom. The van der Waals surface area contributed by atoms with Crippen LogP contribution in [0.25, 0.3) is 0 Å². The number of halogens is 5. The van der Waals surface area contributed by atoms with Crippen LogP contribution in [-0.4, -0.2) is 29.7 Å². The van der Waals surface area contributed by atoms with Crippen LogP contribution in [0.2, 0.25) is 0 Å². The van der Waals surface area contributed by atoms with Gasteiger partial charge in [0.15, 0.2) is 11.6 Å². The lowest BCUT2D eigenvalue weighted by Crippen LogP contribution is -2.30. The molecule has 0 saturated heterocycles. The Labute approximate surface area is 106 Å². The Balaban J connectivity index is 2.74. The molecular weight excluding hydrogens is 302 g/mol. The largest absolute Gasteiger partial charge is 0.293 e. The van der Waals surface area contributed by atoms with Crippen molar-refractivity contribution in [1.82, 2.24) is 4.90 Å². The first kappa shape index (κ1) is 14.4. The van der Waals surface area contributed by atoms with Crippen molar-refractivity contribution in [1.29, 1.82) is 0 Å². The molecule has 0 bridgehead atoms. The minimum Gasteiger partial charge on any atom is -0.293 e. The standard InChI is InChI=1S/C11H12BrF4N/c12-4-5-17(7-10(14)15)6-8-2-1-3-9(13)11(8)16/h1-3,10H,4-7H2. The summed E-state index contributed by atoms with van der Waals surface area (Å²) >= 11 is 3.13. The average molecular weight is 314 g/mol. The maximum Gasteiger partial charge on any atom is 0.251 e. The Morgan fingerprint density at radius 1 is 1.24 bits per heavy atom. The predicted octanol–water partition coefficient (Wildman–Crippen LogP) is 3.43. The molecule has 0 N–H and O–H groups in total. The van der Waals surface area contributed by atoms with Gasteiger partial charge in [-0.05, 0) is 6.07 Å². The maximum atomic E-state index is 13.3. The zero-order valence-corrected chi connectivity index (χ0v) is 10.6. The first-order valence-electron chi connectivity index (χ1n) is 5.04. The molecule has 0 spiro atoms. The molecule has 0 aliphatic rings. The molecule has 17 heavy (non-hydrogen) atoms. The lowest BCUT2D eigenvalue weighted by molar-refractivity contribution is 0.0875. The van der Waals surface area contributed by atoms with Crippen molar-refractivity contribution in [2.75, 3.05) is 18.4 Å². The molecule has 0 radical (unpaired) electrons. The fraction of sp³-hybridized carbons (Fsp3) is 0.455. The molecule has 0 amide bonds. The van der Waals surface area contributed by atoms with Gasteiger partial charge in [-0.3, -0.25) is 4.90 Å². The van der Waals surface area contributed by atoms with E-state index < -0.39 is 24.6 Å². The molecule has 0 atom stereocenters. The first-order chi connectivity index (χ1) is 8.04. The van der Waals surface area contributed by atoms with E-state index in [9.17, 15) is 17.6 Å². The second-order valence-corrected chi connectivity index (χ2v) is 4.32. The summed E-state index contributed by atoms with van der Waals surface area (Å²) in [5, 5.41) is 0.497. The van der Waals surface area contributed by atoms with Gasteiger partial charge >= 0.3 is 0 Å². The Hall–Kier alpha value is -0.620. The van der Waals surface area contributed by atoms with Crippen molar-refractivity contribution in [3.05, 3.63) is 35.4 Å². The van der Waals surface area contributed by atoms with Gasteiger partial charge in [0.05, 0.1) is 6.54 Å². The SMILES string of the molecule is Fc1cccc(CN(CCBr)CC(F)F)c1F. The second-order valence-electron chi connectivity index (χ2n) is 3.53. The molecule has 0 saturated carbocycles. The molecule has 0 aliphatic heterocycles. The Bertz CT molecular complexity index is 359. The summed E-state index contributed by atoms with van der Waals surface area (Å²) < 4.78 is 50.8. The quantitative estimate of drug-likeness (QED) is 0.574. The maximum absolute atomic E-state index is 13.3. The molecule has 6 heteroatoms. The molecular formula is C11H12BrF4N. The monoisotopic (exact) mass is 313 g/mol. The first-order valence-corrected chi connectivity index (χ1v) is 6.16. The van der Waals surface area contributed by atoms with Crippen molar-refractivity contribution in [3.63, 3.8) is 0 Å². The fourth-order valence-corrected chi connectivity index (χ4v) is 1.96. The van der Waals surface area contributed by atoms with Gasteiger partial charge in [-0.25, -0.2) is 17.6 Å². The van der Waals surface area contributed by atoms with E-state index in [1.54, 1.807) is 0 Å². The molecule has 1 nitrogen and oxygen atoms in total. The van der Waals surface area contributed by atoms with Crippen molar-refractivity contribution in [2.24, 2.45) is 0 Å². The van der Waals surface area contributed by atoms with E-state index in [2.05, 4.69) is 15.9 Å². The zero-order chi connectivity index (χ0) is 12.8. The summed E-state index contributed by atoms with van der Waals surface area (Å²) in [6.07, 6.45) is -2.49. The minimum absolute atomic E-state index is 0.0282. The van der Waals surface area contributed by atoms with Gasteiger partial charge < -0.3 is 0 Å². The van der Waals surface area contributed by atoms with Crippen LogP contribution in [0.4, 0.5) is 17.6 Å². The summed E-state index contributed by atoms with van der Waals surface area (Å²) in [6, 6.07) is 3.76. The number of alkyl halides is 3. The van der Waals surface area contributed by atoms with Gasteiger partial charge in [-0.1, -0.05) is 28.1 Å². The zero-order valence-electron chi connectivity index (χ0n) is 8.97. The second kappa shape index (κ2) is 6.96. The lowest BCUT2D eigenvalue weighted by atomic mass is 10.2. The van der Waals surface area contributed by atoms with Crippen LogP contribution in [-0.2, 0) is 6.54 Å². The van der Waals surface area contributed by atoms with E-state index >= 15 is 0 Å². The highest BCUT2D eigenvalue weighted by Gasteiger charge is 2.15. The smallest absolute Gasteiger partial charge is 0.251 e. The van der Waals surface area contributed by atoms with Crippen LogP contribution in [0, 0.1) is 11.6 Å². The minimum atomic E-state index is -2.49.